The van der Waals surface area contributed by atoms with E-state index in [1.165, 1.54) is 6.92 Å². The number of nitriles is 1. The number of carbonyl (C=O) groups excluding carboxylic acids is 1. The van der Waals surface area contributed by atoms with Crippen molar-refractivity contribution >= 4 is 5.78 Å². The third-order valence-electron chi connectivity index (χ3n) is 1.97. The summed E-state index contributed by atoms with van der Waals surface area (Å²) in [6.45, 7) is 5.24. The fraction of sp³-hybridized carbons (Fsp3) is 0.273. The van der Waals surface area contributed by atoms with E-state index in [1.54, 1.807) is 6.07 Å². The van der Waals surface area contributed by atoms with E-state index in [2.05, 4.69) is 6.07 Å². The number of hydrogen-bond donors (Lipinski definition) is 0. The zero-order valence-corrected chi connectivity index (χ0v) is 8.01. The maximum absolute atomic E-state index is 11.2. The van der Waals surface area contributed by atoms with Gasteiger partial charge in [0.25, 0.3) is 0 Å². The van der Waals surface area contributed by atoms with Gasteiger partial charge < -0.3 is 0 Å². The van der Waals surface area contributed by atoms with Crippen LogP contribution in [-0.4, -0.2) is 5.78 Å². The second-order valence-corrected chi connectivity index (χ2v) is 3.17. The minimum absolute atomic E-state index is 0.0525. The fourth-order valence-corrected chi connectivity index (χ4v) is 1.39. The average Bonchev–Trinajstić information content (AvgIpc) is 2.02. The van der Waals surface area contributed by atoms with E-state index in [0.29, 0.717) is 11.1 Å². The zero-order chi connectivity index (χ0) is 10.0. The lowest BCUT2D eigenvalue weighted by molar-refractivity contribution is 0.101. The molecule has 0 saturated heterocycles. The number of rotatable bonds is 1. The van der Waals surface area contributed by atoms with Gasteiger partial charge in [-0.25, -0.2) is 0 Å². The van der Waals surface area contributed by atoms with Gasteiger partial charge in [-0.3, -0.25) is 4.79 Å². The Morgan fingerprint density at radius 1 is 1.38 bits per heavy atom. The molecule has 0 spiro atoms. The summed E-state index contributed by atoms with van der Waals surface area (Å²) >= 11 is 0. The van der Waals surface area contributed by atoms with Crippen molar-refractivity contribution in [3.63, 3.8) is 0 Å². The summed E-state index contributed by atoms with van der Waals surface area (Å²) in [7, 11) is 0. The molecule has 0 radical (unpaired) electrons. The molecule has 1 aromatic rings. The highest BCUT2D eigenvalue weighted by Gasteiger charge is 2.09. The molecule has 1 aromatic carbocycles. The van der Waals surface area contributed by atoms with Crippen LogP contribution in [0.3, 0.4) is 0 Å². The Bertz CT molecular complexity index is 399. The molecule has 0 fully saturated rings. The van der Waals surface area contributed by atoms with Crippen LogP contribution in [0.25, 0.3) is 0 Å². The van der Waals surface area contributed by atoms with Crippen molar-refractivity contribution in [1.29, 1.82) is 5.26 Å². The van der Waals surface area contributed by atoms with Gasteiger partial charge in [-0.05, 0) is 32.4 Å². The summed E-state index contributed by atoms with van der Waals surface area (Å²) in [6, 6.07) is 5.72. The second-order valence-electron chi connectivity index (χ2n) is 3.17. The van der Waals surface area contributed by atoms with Crippen LogP contribution in [0, 0.1) is 25.2 Å². The average molecular weight is 173 g/mol. The van der Waals surface area contributed by atoms with E-state index < -0.39 is 0 Å². The molecule has 0 amide bonds. The minimum Gasteiger partial charge on any atom is -0.294 e. The van der Waals surface area contributed by atoms with E-state index in [0.717, 1.165) is 11.1 Å². The van der Waals surface area contributed by atoms with Gasteiger partial charge in [0.15, 0.2) is 5.78 Å². The number of hydrogen-bond acceptors (Lipinski definition) is 2. The van der Waals surface area contributed by atoms with Crippen LogP contribution in [0.5, 0.6) is 0 Å². The van der Waals surface area contributed by atoms with Crippen LogP contribution < -0.4 is 0 Å². The van der Waals surface area contributed by atoms with Crippen LogP contribution in [0.2, 0.25) is 0 Å². The molecule has 0 aliphatic rings. The molecule has 2 nitrogen and oxygen atoms in total. The van der Waals surface area contributed by atoms with Crippen molar-refractivity contribution in [1.82, 2.24) is 0 Å². The molecule has 0 heterocycles. The summed E-state index contributed by atoms with van der Waals surface area (Å²) < 4.78 is 0. The molecule has 2 heteroatoms. The van der Waals surface area contributed by atoms with Crippen molar-refractivity contribution in [2.75, 3.05) is 0 Å². The fourth-order valence-electron chi connectivity index (χ4n) is 1.39. The highest BCUT2D eigenvalue weighted by Crippen LogP contribution is 2.16. The Kier molecular flexibility index (Phi) is 2.48. The van der Waals surface area contributed by atoms with Crippen molar-refractivity contribution in [3.8, 4) is 6.07 Å². The Labute approximate surface area is 77.8 Å². The minimum atomic E-state index is -0.0525. The molecule has 0 bridgehead atoms. The molecule has 0 saturated carbocycles. The van der Waals surface area contributed by atoms with Gasteiger partial charge in [-0.1, -0.05) is 11.6 Å². The first-order valence-corrected chi connectivity index (χ1v) is 4.08. The summed E-state index contributed by atoms with van der Waals surface area (Å²) in [5.41, 5.74) is 2.91. The van der Waals surface area contributed by atoms with Crippen molar-refractivity contribution in [2.45, 2.75) is 20.8 Å². The van der Waals surface area contributed by atoms with E-state index in [-0.39, 0.29) is 5.78 Å². The van der Waals surface area contributed by atoms with Gasteiger partial charge in [0.2, 0.25) is 0 Å². The summed E-state index contributed by atoms with van der Waals surface area (Å²) in [5.74, 6) is -0.0525. The smallest absolute Gasteiger partial charge is 0.161 e. The molecule has 1 rings (SSSR count). The largest absolute Gasteiger partial charge is 0.294 e. The molecular formula is C11H11NO. The quantitative estimate of drug-likeness (QED) is 0.612. The Morgan fingerprint density at radius 3 is 2.46 bits per heavy atom. The molecule has 0 atom stereocenters. The van der Waals surface area contributed by atoms with Gasteiger partial charge in [-0.2, -0.15) is 5.26 Å². The van der Waals surface area contributed by atoms with Gasteiger partial charge in [0.1, 0.15) is 6.07 Å². The molecule has 13 heavy (non-hydrogen) atoms. The van der Waals surface area contributed by atoms with Crippen molar-refractivity contribution in [3.05, 3.63) is 34.4 Å². The Balaban J connectivity index is 3.50. The number of Topliss-reactive ketones (excluding diaryl/α,β-unsaturated/α-hetero) is 1. The van der Waals surface area contributed by atoms with Crippen LogP contribution >= 0.6 is 0 Å². The van der Waals surface area contributed by atoms with Crippen LogP contribution in [0.4, 0.5) is 0 Å². The molecule has 0 unspecified atom stereocenters. The van der Waals surface area contributed by atoms with Crippen LogP contribution in [0.15, 0.2) is 12.1 Å². The van der Waals surface area contributed by atoms with Crippen LogP contribution in [-0.2, 0) is 0 Å². The lowest BCUT2D eigenvalue weighted by Gasteiger charge is -2.04. The molecular weight excluding hydrogens is 162 g/mol. The SMILES string of the molecule is CC(=O)c1cc(C)cc(C)c1C#N. The third-order valence-corrected chi connectivity index (χ3v) is 1.97. The Hall–Kier alpha value is -1.62. The number of ketones is 1. The number of nitrogens with zero attached hydrogens (tertiary/aromatic N) is 1. The van der Waals surface area contributed by atoms with E-state index in [9.17, 15) is 4.79 Å². The number of benzene rings is 1. The highest BCUT2D eigenvalue weighted by molar-refractivity contribution is 5.97. The first-order valence-electron chi connectivity index (χ1n) is 4.08. The zero-order valence-electron chi connectivity index (χ0n) is 8.01. The molecule has 0 aliphatic heterocycles. The number of aryl methyl sites for hydroxylation is 2. The van der Waals surface area contributed by atoms with Crippen molar-refractivity contribution in [2.24, 2.45) is 0 Å². The predicted octanol–water partition coefficient (Wildman–Crippen LogP) is 2.38. The normalized spacial score (nSPS) is 9.38. The summed E-state index contributed by atoms with van der Waals surface area (Å²) in [6.07, 6.45) is 0. The molecule has 0 aromatic heterocycles. The highest BCUT2D eigenvalue weighted by atomic mass is 16.1. The molecule has 0 aliphatic carbocycles. The summed E-state index contributed by atoms with van der Waals surface area (Å²) in [5, 5.41) is 8.84. The monoisotopic (exact) mass is 173 g/mol. The maximum Gasteiger partial charge on any atom is 0.161 e. The van der Waals surface area contributed by atoms with Gasteiger partial charge in [0.05, 0.1) is 5.56 Å². The van der Waals surface area contributed by atoms with Crippen LogP contribution in [0.1, 0.15) is 34.0 Å². The van der Waals surface area contributed by atoms with E-state index >= 15 is 0 Å². The summed E-state index contributed by atoms with van der Waals surface area (Å²) in [4.78, 5) is 11.2. The Morgan fingerprint density at radius 2 is 2.00 bits per heavy atom. The third kappa shape index (κ3) is 1.75. The predicted molar refractivity (Wildman–Crippen MR) is 50.6 cm³/mol. The van der Waals surface area contributed by atoms with E-state index in [4.69, 9.17) is 5.26 Å². The van der Waals surface area contributed by atoms with Crippen molar-refractivity contribution < 1.29 is 4.79 Å². The lowest BCUT2D eigenvalue weighted by atomic mass is 9.98. The number of carbonyl (C=O) groups is 1. The molecule has 0 N–H and O–H groups in total. The first kappa shape index (κ1) is 9.47. The standard InChI is InChI=1S/C11H11NO/c1-7-4-8(2)11(6-12)10(5-7)9(3)13/h4-5H,1-3H3. The lowest BCUT2D eigenvalue weighted by Crippen LogP contribution is -1.99. The van der Waals surface area contributed by atoms with Gasteiger partial charge >= 0.3 is 0 Å². The van der Waals surface area contributed by atoms with Gasteiger partial charge in [-0.15, -0.1) is 0 Å². The topological polar surface area (TPSA) is 40.9 Å². The molecule has 66 valence electrons. The first-order chi connectivity index (χ1) is 6.06. The van der Waals surface area contributed by atoms with Gasteiger partial charge in [0, 0.05) is 5.56 Å². The maximum atomic E-state index is 11.2. The second kappa shape index (κ2) is 3.40. The van der Waals surface area contributed by atoms with E-state index in [1.807, 2.05) is 19.9 Å².